The van der Waals surface area contributed by atoms with Gasteiger partial charge < -0.3 is 15.8 Å². The average molecular weight is 354 g/mol. The predicted octanol–water partition coefficient (Wildman–Crippen LogP) is 1.65. The van der Waals surface area contributed by atoms with Crippen LogP contribution < -0.4 is 15.8 Å². The number of rotatable bonds is 6. The molecule has 2 aromatic heterocycles. The number of nitrogens with one attached hydrogen (secondary N) is 2. The second-order valence-electron chi connectivity index (χ2n) is 5.46. The van der Waals surface area contributed by atoms with Crippen LogP contribution in [0.4, 0.5) is 5.69 Å². The Bertz CT molecular complexity index is 959. The van der Waals surface area contributed by atoms with Crippen molar-refractivity contribution in [3.05, 3.63) is 47.9 Å². The Morgan fingerprint density at radius 1 is 1.35 bits per heavy atom. The van der Waals surface area contributed by atoms with Crippen molar-refractivity contribution in [1.29, 1.82) is 0 Å². The maximum absolute atomic E-state index is 12.5. The Morgan fingerprint density at radius 2 is 2.15 bits per heavy atom. The lowest BCUT2D eigenvalue weighted by Gasteiger charge is -2.01. The van der Waals surface area contributed by atoms with Gasteiger partial charge in [0.2, 0.25) is 0 Å². The fourth-order valence-electron chi connectivity index (χ4n) is 2.41. The number of anilines is 1. The third-order valence-electron chi connectivity index (χ3n) is 3.76. The van der Waals surface area contributed by atoms with Crippen molar-refractivity contribution in [2.24, 2.45) is 5.73 Å². The molecule has 0 aliphatic rings. The van der Waals surface area contributed by atoms with Crippen LogP contribution in [0, 0.1) is 0 Å². The van der Waals surface area contributed by atoms with E-state index in [0.717, 1.165) is 5.56 Å². The number of primary amides is 1. The molecule has 3 aromatic rings. The quantitative estimate of drug-likeness (QED) is 0.620. The number of benzene rings is 1. The number of methoxy groups -OCH3 is 1. The van der Waals surface area contributed by atoms with Crippen molar-refractivity contribution in [1.82, 2.24) is 20.0 Å². The number of amides is 2. The average Bonchev–Trinajstić information content (AvgIpc) is 3.29. The van der Waals surface area contributed by atoms with E-state index in [1.807, 2.05) is 31.2 Å². The first-order valence-corrected chi connectivity index (χ1v) is 7.90. The minimum absolute atomic E-state index is 0.00716. The highest BCUT2D eigenvalue weighted by Gasteiger charge is 2.18. The highest BCUT2D eigenvalue weighted by molar-refractivity contribution is 6.07. The van der Waals surface area contributed by atoms with Gasteiger partial charge in [-0.2, -0.15) is 10.2 Å². The van der Waals surface area contributed by atoms with Gasteiger partial charge in [-0.3, -0.25) is 19.4 Å². The van der Waals surface area contributed by atoms with E-state index >= 15 is 0 Å². The Balaban J connectivity index is 1.82. The van der Waals surface area contributed by atoms with Crippen LogP contribution in [0.15, 0.2) is 36.5 Å². The number of aryl methyl sites for hydroxylation is 1. The molecule has 9 nitrogen and oxygen atoms in total. The molecule has 2 heterocycles. The Labute approximate surface area is 149 Å². The molecule has 0 bridgehead atoms. The molecule has 3 rings (SSSR count). The monoisotopic (exact) mass is 354 g/mol. The first-order valence-electron chi connectivity index (χ1n) is 7.90. The normalized spacial score (nSPS) is 10.5. The number of nitrogens with two attached hydrogens (primary N) is 1. The van der Waals surface area contributed by atoms with Crippen LogP contribution in [-0.4, -0.2) is 38.9 Å². The minimum atomic E-state index is -0.714. The second kappa shape index (κ2) is 7.09. The van der Waals surface area contributed by atoms with Crippen molar-refractivity contribution in [3.8, 4) is 17.0 Å². The number of carbonyl (C=O) groups excluding carboxylic acids is 2. The van der Waals surface area contributed by atoms with Gasteiger partial charge in [-0.1, -0.05) is 12.1 Å². The zero-order valence-corrected chi connectivity index (χ0v) is 14.3. The van der Waals surface area contributed by atoms with Crippen molar-refractivity contribution in [3.63, 3.8) is 0 Å². The molecular weight excluding hydrogens is 336 g/mol. The zero-order chi connectivity index (χ0) is 18.7. The molecule has 2 amide bonds. The maximum atomic E-state index is 12.5. The Hall–Kier alpha value is -3.62. The maximum Gasteiger partial charge on any atom is 0.273 e. The number of nitrogens with zero attached hydrogens (tertiary/aromatic N) is 3. The third kappa shape index (κ3) is 3.41. The lowest BCUT2D eigenvalue weighted by atomic mass is 10.1. The van der Waals surface area contributed by atoms with Gasteiger partial charge in [-0.05, 0) is 25.1 Å². The van der Waals surface area contributed by atoms with E-state index in [4.69, 9.17) is 10.5 Å². The fourth-order valence-corrected chi connectivity index (χ4v) is 2.41. The van der Waals surface area contributed by atoms with Crippen molar-refractivity contribution in [2.75, 3.05) is 12.4 Å². The number of carbonyl (C=O) groups is 2. The van der Waals surface area contributed by atoms with Crippen LogP contribution in [0.2, 0.25) is 0 Å². The molecule has 0 aliphatic carbocycles. The van der Waals surface area contributed by atoms with Gasteiger partial charge in [-0.15, -0.1) is 0 Å². The van der Waals surface area contributed by atoms with Gasteiger partial charge in [0.05, 0.1) is 18.5 Å². The van der Waals surface area contributed by atoms with Crippen molar-refractivity contribution in [2.45, 2.75) is 13.5 Å². The first kappa shape index (κ1) is 17.2. The second-order valence-corrected chi connectivity index (χ2v) is 5.46. The number of H-pyrrole nitrogens is 1. The summed E-state index contributed by atoms with van der Waals surface area (Å²) in [5.74, 6) is -0.478. The van der Waals surface area contributed by atoms with Crippen LogP contribution in [0.1, 0.15) is 27.9 Å². The molecule has 134 valence electrons. The molecule has 0 fully saturated rings. The SMILES string of the molecule is CCn1cc(NC(=O)c2cc(-c3cccc(OC)c3)n[nH]2)c(C(N)=O)n1. The lowest BCUT2D eigenvalue weighted by molar-refractivity contribution is 0.0995. The number of ether oxygens (including phenoxy) is 1. The van der Waals surface area contributed by atoms with E-state index in [-0.39, 0.29) is 17.1 Å². The highest BCUT2D eigenvalue weighted by Crippen LogP contribution is 2.23. The van der Waals surface area contributed by atoms with Crippen LogP contribution in [0.25, 0.3) is 11.3 Å². The Morgan fingerprint density at radius 3 is 2.85 bits per heavy atom. The van der Waals surface area contributed by atoms with Gasteiger partial charge in [-0.25, -0.2) is 0 Å². The van der Waals surface area contributed by atoms with Gasteiger partial charge in [0.1, 0.15) is 11.4 Å². The summed E-state index contributed by atoms with van der Waals surface area (Å²) in [6.07, 6.45) is 1.55. The summed E-state index contributed by atoms with van der Waals surface area (Å²) in [5.41, 5.74) is 7.20. The highest BCUT2D eigenvalue weighted by atomic mass is 16.5. The number of hydrogen-bond donors (Lipinski definition) is 3. The third-order valence-corrected chi connectivity index (χ3v) is 3.76. The largest absolute Gasteiger partial charge is 0.497 e. The molecule has 4 N–H and O–H groups in total. The fraction of sp³-hybridized carbons (Fsp3) is 0.176. The van der Waals surface area contributed by atoms with Gasteiger partial charge in [0.15, 0.2) is 5.69 Å². The first-order chi connectivity index (χ1) is 12.5. The number of aromatic amines is 1. The molecule has 26 heavy (non-hydrogen) atoms. The Kier molecular flexibility index (Phi) is 4.70. The summed E-state index contributed by atoms with van der Waals surface area (Å²) in [5, 5.41) is 13.5. The van der Waals surface area contributed by atoms with E-state index < -0.39 is 11.8 Å². The number of hydrogen-bond acceptors (Lipinski definition) is 5. The molecule has 0 atom stereocenters. The molecule has 0 saturated heterocycles. The van der Waals surface area contributed by atoms with Crippen molar-refractivity contribution >= 4 is 17.5 Å². The smallest absolute Gasteiger partial charge is 0.273 e. The summed E-state index contributed by atoms with van der Waals surface area (Å²) in [6.45, 7) is 2.40. The van der Waals surface area contributed by atoms with E-state index in [9.17, 15) is 9.59 Å². The lowest BCUT2D eigenvalue weighted by Crippen LogP contribution is -2.18. The van der Waals surface area contributed by atoms with Gasteiger partial charge >= 0.3 is 0 Å². The number of aromatic nitrogens is 4. The predicted molar refractivity (Wildman–Crippen MR) is 94.9 cm³/mol. The molecular formula is C17H18N6O3. The van der Waals surface area contributed by atoms with Crippen LogP contribution in [-0.2, 0) is 6.54 Å². The molecule has 0 unspecified atom stereocenters. The summed E-state index contributed by atoms with van der Waals surface area (Å²) in [4.78, 5) is 23.9. The summed E-state index contributed by atoms with van der Waals surface area (Å²) < 4.78 is 6.71. The molecule has 0 aliphatic heterocycles. The molecule has 0 radical (unpaired) electrons. The molecule has 0 spiro atoms. The molecule has 1 aromatic carbocycles. The zero-order valence-electron chi connectivity index (χ0n) is 14.3. The van der Waals surface area contributed by atoms with E-state index in [1.165, 1.54) is 4.68 Å². The van der Waals surface area contributed by atoms with Crippen LogP contribution in [0.3, 0.4) is 0 Å². The topological polar surface area (TPSA) is 128 Å². The standard InChI is InChI=1S/C17H18N6O3/c1-3-23-9-14(15(22-23)16(18)24)19-17(25)13-8-12(20-21-13)10-5-4-6-11(7-10)26-2/h4-9H,3H2,1-2H3,(H2,18,24)(H,19,25)(H,20,21). The van der Waals surface area contributed by atoms with E-state index in [1.54, 1.807) is 19.4 Å². The van der Waals surface area contributed by atoms with E-state index in [2.05, 4.69) is 20.6 Å². The van der Waals surface area contributed by atoms with Crippen LogP contribution >= 0.6 is 0 Å². The minimum Gasteiger partial charge on any atom is -0.497 e. The van der Waals surface area contributed by atoms with Crippen molar-refractivity contribution < 1.29 is 14.3 Å². The van der Waals surface area contributed by atoms with Gasteiger partial charge in [0.25, 0.3) is 11.8 Å². The summed E-state index contributed by atoms with van der Waals surface area (Å²) >= 11 is 0. The molecule has 0 saturated carbocycles. The molecule has 9 heteroatoms. The van der Waals surface area contributed by atoms with Crippen LogP contribution in [0.5, 0.6) is 5.75 Å². The van der Waals surface area contributed by atoms with Gasteiger partial charge in [0, 0.05) is 18.3 Å². The summed E-state index contributed by atoms with van der Waals surface area (Å²) in [6, 6.07) is 8.94. The summed E-state index contributed by atoms with van der Waals surface area (Å²) in [7, 11) is 1.58. The van der Waals surface area contributed by atoms with E-state index in [0.29, 0.717) is 18.0 Å².